The highest BCUT2D eigenvalue weighted by molar-refractivity contribution is 5.95. The van der Waals surface area contributed by atoms with Crippen LogP contribution in [0, 0.1) is 0 Å². The molecule has 21 heavy (non-hydrogen) atoms. The van der Waals surface area contributed by atoms with Gasteiger partial charge >= 0.3 is 0 Å². The van der Waals surface area contributed by atoms with Gasteiger partial charge in [-0.2, -0.15) is 0 Å². The molecule has 1 aromatic rings. The third-order valence-corrected chi connectivity index (χ3v) is 3.47. The van der Waals surface area contributed by atoms with E-state index >= 15 is 0 Å². The van der Waals surface area contributed by atoms with Crippen LogP contribution in [0.1, 0.15) is 10.5 Å². The van der Waals surface area contributed by atoms with Crippen molar-refractivity contribution >= 4 is 11.8 Å². The summed E-state index contributed by atoms with van der Waals surface area (Å²) in [5, 5.41) is 5.87. The summed E-state index contributed by atoms with van der Waals surface area (Å²) in [6, 6.07) is 3.54. The molecule has 1 fully saturated rings. The Morgan fingerprint density at radius 2 is 2.14 bits per heavy atom. The van der Waals surface area contributed by atoms with Gasteiger partial charge < -0.3 is 24.8 Å². The molecule has 2 rings (SSSR count). The monoisotopic (exact) mass is 294 g/mol. The summed E-state index contributed by atoms with van der Waals surface area (Å²) in [5.74, 6) is -0.278. The van der Waals surface area contributed by atoms with Gasteiger partial charge in [0, 0.05) is 46.0 Å². The highest BCUT2D eigenvalue weighted by Crippen LogP contribution is 2.02. The van der Waals surface area contributed by atoms with Crippen LogP contribution < -0.4 is 10.6 Å². The third-order valence-electron chi connectivity index (χ3n) is 3.47. The average molecular weight is 294 g/mol. The van der Waals surface area contributed by atoms with E-state index in [1.54, 1.807) is 18.1 Å². The van der Waals surface area contributed by atoms with E-state index in [-0.39, 0.29) is 18.4 Å². The van der Waals surface area contributed by atoms with Gasteiger partial charge in [0.15, 0.2) is 0 Å². The van der Waals surface area contributed by atoms with Gasteiger partial charge in [-0.3, -0.25) is 9.59 Å². The van der Waals surface area contributed by atoms with Crippen molar-refractivity contribution in [2.45, 2.75) is 6.54 Å². The zero-order valence-corrected chi connectivity index (χ0v) is 12.3. The van der Waals surface area contributed by atoms with Gasteiger partial charge in [-0.05, 0) is 12.1 Å². The maximum Gasteiger partial charge on any atom is 0.268 e. The Hall–Kier alpha value is -1.86. The van der Waals surface area contributed by atoms with Gasteiger partial charge in [0.25, 0.3) is 5.91 Å². The van der Waals surface area contributed by atoms with Crippen LogP contribution in [0.5, 0.6) is 0 Å². The lowest BCUT2D eigenvalue weighted by Crippen LogP contribution is -2.49. The Bertz CT molecular complexity index is 480. The number of hydrogen-bond acceptors (Lipinski definition) is 4. The van der Waals surface area contributed by atoms with E-state index in [2.05, 4.69) is 10.6 Å². The quantitative estimate of drug-likeness (QED) is 0.727. The summed E-state index contributed by atoms with van der Waals surface area (Å²) in [4.78, 5) is 25.9. The van der Waals surface area contributed by atoms with Crippen molar-refractivity contribution in [2.75, 3.05) is 46.4 Å². The van der Waals surface area contributed by atoms with Crippen LogP contribution in [0.4, 0.5) is 0 Å². The van der Waals surface area contributed by atoms with E-state index < -0.39 is 0 Å². The summed E-state index contributed by atoms with van der Waals surface area (Å²) < 4.78 is 6.82. The van der Waals surface area contributed by atoms with Crippen LogP contribution in [-0.2, 0) is 16.1 Å². The average Bonchev–Trinajstić information content (AvgIpc) is 2.99. The number of ether oxygens (including phenoxy) is 1. The number of aromatic nitrogens is 1. The molecule has 1 aliphatic rings. The van der Waals surface area contributed by atoms with Crippen molar-refractivity contribution in [3.63, 3.8) is 0 Å². The highest BCUT2D eigenvalue weighted by Gasteiger charge is 2.17. The van der Waals surface area contributed by atoms with Crippen molar-refractivity contribution in [3.05, 3.63) is 24.0 Å². The molecule has 0 aliphatic carbocycles. The second-order valence-corrected chi connectivity index (χ2v) is 4.89. The van der Waals surface area contributed by atoms with Crippen LogP contribution in [0.15, 0.2) is 18.3 Å². The topological polar surface area (TPSA) is 75.6 Å². The molecule has 1 aliphatic heterocycles. The second kappa shape index (κ2) is 7.80. The third kappa shape index (κ3) is 4.30. The molecular weight excluding hydrogens is 272 g/mol. The minimum absolute atomic E-state index is 0.0360. The molecule has 0 aromatic carbocycles. The lowest BCUT2D eigenvalue weighted by molar-refractivity contribution is -0.130. The van der Waals surface area contributed by atoms with E-state index in [1.165, 1.54) is 0 Å². The summed E-state index contributed by atoms with van der Waals surface area (Å²) in [6.45, 7) is 4.18. The van der Waals surface area contributed by atoms with Crippen molar-refractivity contribution in [1.82, 2.24) is 20.1 Å². The first-order valence-corrected chi connectivity index (χ1v) is 7.13. The number of hydrogen-bond donors (Lipinski definition) is 2. The van der Waals surface area contributed by atoms with Gasteiger partial charge in [-0.1, -0.05) is 0 Å². The number of nitrogens with one attached hydrogen (secondary N) is 2. The molecule has 116 valence electrons. The first-order chi connectivity index (χ1) is 10.2. The van der Waals surface area contributed by atoms with Crippen LogP contribution in [0.2, 0.25) is 0 Å². The number of nitrogens with zero attached hydrogens (tertiary/aromatic N) is 2. The number of methoxy groups -OCH3 is 1. The van der Waals surface area contributed by atoms with E-state index in [4.69, 9.17) is 4.74 Å². The van der Waals surface area contributed by atoms with Gasteiger partial charge in [0.1, 0.15) is 5.69 Å². The predicted molar refractivity (Wildman–Crippen MR) is 78.1 cm³/mol. The molecule has 0 radical (unpaired) electrons. The Morgan fingerprint density at radius 3 is 2.86 bits per heavy atom. The molecular formula is C14H22N4O3. The number of rotatable bonds is 6. The van der Waals surface area contributed by atoms with Crippen LogP contribution in [-0.4, -0.2) is 67.7 Å². The van der Waals surface area contributed by atoms with Crippen LogP contribution >= 0.6 is 0 Å². The van der Waals surface area contributed by atoms with Crippen molar-refractivity contribution in [2.24, 2.45) is 0 Å². The summed E-state index contributed by atoms with van der Waals surface area (Å²) in [6.07, 6.45) is 1.83. The maximum atomic E-state index is 12.1. The van der Waals surface area contributed by atoms with Crippen LogP contribution in [0.3, 0.4) is 0 Å². The number of amides is 2. The van der Waals surface area contributed by atoms with Gasteiger partial charge in [-0.15, -0.1) is 0 Å². The fourth-order valence-corrected chi connectivity index (χ4v) is 2.28. The smallest absolute Gasteiger partial charge is 0.268 e. The minimum atomic E-state index is -0.236. The van der Waals surface area contributed by atoms with E-state index in [9.17, 15) is 9.59 Å². The molecule has 0 bridgehead atoms. The SMILES string of the molecule is COCCn1cccc1C(=O)NCC(=O)N1CCNCC1. The molecule has 1 aromatic heterocycles. The largest absolute Gasteiger partial charge is 0.383 e. The van der Waals surface area contributed by atoms with Gasteiger partial charge in [0.05, 0.1) is 13.2 Å². The number of piperazine rings is 1. The van der Waals surface area contributed by atoms with E-state index in [0.717, 1.165) is 13.1 Å². The number of carbonyl (C=O) groups excluding carboxylic acids is 2. The first kappa shape index (κ1) is 15.5. The Labute approximate surface area is 124 Å². The molecule has 2 heterocycles. The van der Waals surface area contributed by atoms with Crippen molar-refractivity contribution < 1.29 is 14.3 Å². The molecule has 7 heteroatoms. The second-order valence-electron chi connectivity index (χ2n) is 4.89. The first-order valence-electron chi connectivity index (χ1n) is 7.13. The minimum Gasteiger partial charge on any atom is -0.383 e. The summed E-state index contributed by atoms with van der Waals surface area (Å²) in [5.41, 5.74) is 0.542. The molecule has 2 N–H and O–H groups in total. The maximum absolute atomic E-state index is 12.1. The standard InChI is InChI=1S/C14H22N4O3/c1-21-10-9-17-6-2-3-12(17)14(20)16-11-13(19)18-7-4-15-5-8-18/h2-3,6,15H,4-5,7-11H2,1H3,(H,16,20). The van der Waals surface area contributed by atoms with Gasteiger partial charge in [0.2, 0.25) is 5.91 Å². The van der Waals surface area contributed by atoms with Crippen molar-refractivity contribution in [3.8, 4) is 0 Å². The lowest BCUT2D eigenvalue weighted by Gasteiger charge is -2.27. The number of carbonyl (C=O) groups is 2. The zero-order chi connectivity index (χ0) is 15.1. The van der Waals surface area contributed by atoms with Crippen LogP contribution in [0.25, 0.3) is 0 Å². The summed E-state index contributed by atoms with van der Waals surface area (Å²) >= 11 is 0. The Kier molecular flexibility index (Phi) is 5.77. The lowest BCUT2D eigenvalue weighted by atomic mass is 10.3. The molecule has 7 nitrogen and oxygen atoms in total. The normalized spacial score (nSPS) is 15.0. The molecule has 0 unspecified atom stereocenters. The zero-order valence-electron chi connectivity index (χ0n) is 12.3. The van der Waals surface area contributed by atoms with Gasteiger partial charge in [-0.25, -0.2) is 0 Å². The fourth-order valence-electron chi connectivity index (χ4n) is 2.28. The highest BCUT2D eigenvalue weighted by atomic mass is 16.5. The fraction of sp³-hybridized carbons (Fsp3) is 0.571. The predicted octanol–water partition coefficient (Wildman–Crippen LogP) is -0.704. The molecule has 0 spiro atoms. The molecule has 2 amide bonds. The summed E-state index contributed by atoms with van der Waals surface area (Å²) in [7, 11) is 1.62. The Balaban J connectivity index is 1.83. The van der Waals surface area contributed by atoms with E-state index in [1.807, 2.05) is 16.8 Å². The van der Waals surface area contributed by atoms with E-state index in [0.29, 0.717) is 31.9 Å². The molecule has 1 saturated heterocycles. The molecule has 0 saturated carbocycles. The van der Waals surface area contributed by atoms with Crippen molar-refractivity contribution in [1.29, 1.82) is 0 Å². The Morgan fingerprint density at radius 1 is 1.38 bits per heavy atom. The molecule has 0 atom stereocenters.